The average Bonchev–Trinajstić information content (AvgIpc) is 3.01. The molecule has 0 aromatic heterocycles. The fourth-order valence-corrected chi connectivity index (χ4v) is 2.35. The number of carbonyl (C=O) groups is 1. The van der Waals surface area contributed by atoms with Crippen LogP contribution in [0.4, 0.5) is 0 Å². The van der Waals surface area contributed by atoms with Crippen molar-refractivity contribution in [2.75, 3.05) is 0 Å². The van der Waals surface area contributed by atoms with Crippen LogP contribution in [0.2, 0.25) is 0 Å². The minimum Gasteiger partial charge on any atom is -0.289 e. The van der Waals surface area contributed by atoms with Crippen molar-refractivity contribution in [3.63, 3.8) is 0 Å². The van der Waals surface area contributed by atoms with Crippen LogP contribution in [-0.4, -0.2) is 5.78 Å². The summed E-state index contributed by atoms with van der Waals surface area (Å²) in [5, 5.41) is 0. The molecule has 0 unspecified atom stereocenters. The van der Waals surface area contributed by atoms with Crippen molar-refractivity contribution in [2.24, 2.45) is 0 Å². The molecule has 1 nitrogen and oxygen atoms in total. The summed E-state index contributed by atoms with van der Waals surface area (Å²) in [6.07, 6.45) is 7.13. The maximum Gasteiger partial charge on any atom is 0.193 e. The van der Waals surface area contributed by atoms with Crippen molar-refractivity contribution in [1.82, 2.24) is 0 Å². The molecular weight excluding hydrogens is 232 g/mol. The lowest BCUT2D eigenvalue weighted by Crippen LogP contribution is -2.04. The third kappa shape index (κ3) is 2.27. The molecule has 0 radical (unpaired) electrons. The van der Waals surface area contributed by atoms with Crippen LogP contribution >= 0.6 is 0 Å². The first-order valence-corrected chi connectivity index (χ1v) is 6.41. The Bertz CT molecular complexity index is 663. The van der Waals surface area contributed by atoms with Crippen LogP contribution in [0.15, 0.2) is 72.8 Å². The molecule has 0 atom stereocenters. The third-order valence-corrected chi connectivity index (χ3v) is 3.32. The summed E-state index contributed by atoms with van der Waals surface area (Å²) in [5.41, 5.74) is 3.77. The molecule has 0 saturated heterocycles. The number of hydrogen-bond donors (Lipinski definition) is 0. The lowest BCUT2D eigenvalue weighted by molar-refractivity contribution is 0.103. The zero-order chi connectivity index (χ0) is 13.1. The van der Waals surface area contributed by atoms with Gasteiger partial charge < -0.3 is 0 Å². The first-order chi connectivity index (χ1) is 9.36. The molecule has 1 aliphatic rings. The number of carbonyl (C=O) groups excluding carboxylic acids is 1. The van der Waals surface area contributed by atoms with Crippen LogP contribution in [0.3, 0.4) is 0 Å². The minimum absolute atomic E-state index is 0.0870. The van der Waals surface area contributed by atoms with E-state index in [2.05, 4.69) is 12.2 Å². The quantitative estimate of drug-likeness (QED) is 0.739. The van der Waals surface area contributed by atoms with Crippen molar-refractivity contribution in [1.29, 1.82) is 0 Å². The van der Waals surface area contributed by atoms with Crippen LogP contribution in [0.1, 0.15) is 27.9 Å². The molecule has 0 amide bonds. The Kier molecular flexibility index (Phi) is 3.11. The Morgan fingerprint density at radius 1 is 0.895 bits per heavy atom. The first kappa shape index (κ1) is 11.7. The lowest BCUT2D eigenvalue weighted by Gasteiger charge is -2.09. The van der Waals surface area contributed by atoms with E-state index < -0.39 is 0 Å². The highest BCUT2D eigenvalue weighted by Crippen LogP contribution is 2.27. The van der Waals surface area contributed by atoms with Gasteiger partial charge in [0.2, 0.25) is 0 Å². The van der Waals surface area contributed by atoms with Crippen LogP contribution in [0, 0.1) is 0 Å². The van der Waals surface area contributed by atoms with Gasteiger partial charge in [-0.2, -0.15) is 0 Å². The molecule has 0 saturated carbocycles. The van der Waals surface area contributed by atoms with E-state index >= 15 is 0 Å². The highest BCUT2D eigenvalue weighted by molar-refractivity contribution is 6.11. The maximum absolute atomic E-state index is 12.6. The Labute approximate surface area is 112 Å². The molecule has 2 aromatic rings. The number of benzene rings is 2. The second-order valence-electron chi connectivity index (χ2n) is 4.56. The van der Waals surface area contributed by atoms with E-state index in [1.807, 2.05) is 60.7 Å². The van der Waals surface area contributed by atoms with Crippen LogP contribution in [0.25, 0.3) is 5.57 Å². The average molecular weight is 246 g/mol. The monoisotopic (exact) mass is 246 g/mol. The minimum atomic E-state index is 0.0870. The fraction of sp³-hybridized carbons (Fsp3) is 0.0556. The van der Waals surface area contributed by atoms with Gasteiger partial charge in [-0.3, -0.25) is 4.79 Å². The van der Waals surface area contributed by atoms with E-state index in [0.717, 1.165) is 23.1 Å². The van der Waals surface area contributed by atoms with Gasteiger partial charge in [-0.1, -0.05) is 72.8 Å². The highest BCUT2D eigenvalue weighted by Gasteiger charge is 2.15. The number of hydrogen-bond acceptors (Lipinski definition) is 1. The van der Waals surface area contributed by atoms with Gasteiger partial charge in [-0.15, -0.1) is 0 Å². The summed E-state index contributed by atoms with van der Waals surface area (Å²) in [7, 11) is 0. The fourth-order valence-electron chi connectivity index (χ4n) is 2.35. The van der Waals surface area contributed by atoms with Gasteiger partial charge in [-0.05, 0) is 17.6 Å². The first-order valence-electron chi connectivity index (χ1n) is 6.41. The van der Waals surface area contributed by atoms with E-state index in [1.54, 1.807) is 0 Å². The molecular formula is C18H14O. The van der Waals surface area contributed by atoms with Crippen molar-refractivity contribution in [3.05, 3.63) is 89.5 Å². The van der Waals surface area contributed by atoms with Gasteiger partial charge in [0.25, 0.3) is 0 Å². The summed E-state index contributed by atoms with van der Waals surface area (Å²) >= 11 is 0. The van der Waals surface area contributed by atoms with Gasteiger partial charge in [0.15, 0.2) is 5.78 Å². The largest absolute Gasteiger partial charge is 0.289 e. The number of ketones is 1. The van der Waals surface area contributed by atoms with Crippen molar-refractivity contribution in [2.45, 2.75) is 6.42 Å². The molecule has 1 heteroatoms. The Morgan fingerprint density at radius 3 is 2.37 bits per heavy atom. The standard InChI is InChI=1S/C18H14O/c19-18(15-10-2-1-3-11-15)17-13-7-6-12-16(17)14-8-4-5-9-14/h1-8,10-13H,9H2. The van der Waals surface area contributed by atoms with E-state index in [1.165, 1.54) is 5.57 Å². The van der Waals surface area contributed by atoms with Gasteiger partial charge in [-0.25, -0.2) is 0 Å². The third-order valence-electron chi connectivity index (χ3n) is 3.32. The molecule has 92 valence electrons. The van der Waals surface area contributed by atoms with Gasteiger partial charge in [0, 0.05) is 11.1 Å². The van der Waals surface area contributed by atoms with Gasteiger partial charge >= 0.3 is 0 Å². The predicted octanol–water partition coefficient (Wildman–Crippen LogP) is 4.26. The topological polar surface area (TPSA) is 17.1 Å². The van der Waals surface area contributed by atoms with Crippen molar-refractivity contribution >= 4 is 11.4 Å². The Morgan fingerprint density at radius 2 is 1.63 bits per heavy atom. The second kappa shape index (κ2) is 5.07. The number of allylic oxidation sites excluding steroid dienone is 4. The zero-order valence-electron chi connectivity index (χ0n) is 10.5. The van der Waals surface area contributed by atoms with Crippen molar-refractivity contribution < 1.29 is 4.79 Å². The van der Waals surface area contributed by atoms with E-state index in [9.17, 15) is 4.79 Å². The molecule has 3 rings (SSSR count). The maximum atomic E-state index is 12.6. The predicted molar refractivity (Wildman–Crippen MR) is 78.1 cm³/mol. The van der Waals surface area contributed by atoms with Crippen LogP contribution in [0.5, 0.6) is 0 Å². The van der Waals surface area contributed by atoms with Crippen LogP contribution in [-0.2, 0) is 0 Å². The van der Waals surface area contributed by atoms with E-state index in [0.29, 0.717) is 0 Å². The Balaban J connectivity index is 2.04. The number of rotatable bonds is 3. The molecule has 0 fully saturated rings. The summed E-state index contributed by atoms with van der Waals surface area (Å²) < 4.78 is 0. The normalized spacial score (nSPS) is 13.4. The Hall–Kier alpha value is -2.41. The van der Waals surface area contributed by atoms with E-state index in [-0.39, 0.29) is 5.78 Å². The molecule has 0 aliphatic heterocycles. The molecule has 1 aliphatic carbocycles. The van der Waals surface area contributed by atoms with Gasteiger partial charge in [0.1, 0.15) is 0 Å². The molecule has 2 aromatic carbocycles. The lowest BCUT2D eigenvalue weighted by atomic mass is 9.93. The van der Waals surface area contributed by atoms with E-state index in [4.69, 9.17) is 0 Å². The SMILES string of the molecule is O=C(c1ccccc1)c1ccccc1C1=CC=CC1. The molecule has 19 heavy (non-hydrogen) atoms. The summed E-state index contributed by atoms with van der Waals surface area (Å²) in [6, 6.07) is 17.3. The highest BCUT2D eigenvalue weighted by atomic mass is 16.1. The summed E-state index contributed by atoms with van der Waals surface area (Å²) in [6.45, 7) is 0. The van der Waals surface area contributed by atoms with Crippen molar-refractivity contribution in [3.8, 4) is 0 Å². The summed E-state index contributed by atoms with van der Waals surface area (Å²) in [5.74, 6) is 0.0870. The molecule has 0 heterocycles. The summed E-state index contributed by atoms with van der Waals surface area (Å²) in [4.78, 5) is 12.6. The molecule has 0 spiro atoms. The molecule has 0 N–H and O–H groups in total. The van der Waals surface area contributed by atoms with Gasteiger partial charge in [0.05, 0.1) is 0 Å². The van der Waals surface area contributed by atoms with Crippen LogP contribution < -0.4 is 0 Å². The second-order valence-corrected chi connectivity index (χ2v) is 4.56. The zero-order valence-corrected chi connectivity index (χ0v) is 10.5. The molecule has 0 bridgehead atoms. The smallest absolute Gasteiger partial charge is 0.193 e.